The molecule has 0 amide bonds. The van der Waals surface area contributed by atoms with Gasteiger partial charge in [-0.3, -0.25) is 0 Å². The summed E-state index contributed by atoms with van der Waals surface area (Å²) in [6.45, 7) is 0. The molecule has 2 aliphatic rings. The molecule has 0 N–H and O–H groups in total. The Kier molecular flexibility index (Phi) is 8.50. The molecule has 318 valence electrons. The molecule has 14 rings (SSSR count). The van der Waals surface area contributed by atoms with Gasteiger partial charge in [0, 0.05) is 44.8 Å². The summed E-state index contributed by atoms with van der Waals surface area (Å²) in [5.74, 6) is 0. The van der Waals surface area contributed by atoms with Gasteiger partial charge in [0.15, 0.2) is 0 Å². The van der Waals surface area contributed by atoms with Crippen LogP contribution in [0.25, 0.3) is 60.5 Å². The molecular weight excluding hydrogens is 823 g/mol. The molecule has 0 saturated carbocycles. The van der Waals surface area contributed by atoms with Crippen LogP contribution in [0.1, 0.15) is 22.3 Å². The van der Waals surface area contributed by atoms with E-state index in [1.54, 1.807) is 0 Å². The van der Waals surface area contributed by atoms with Crippen molar-refractivity contribution >= 4 is 66.7 Å². The third-order valence-corrected chi connectivity index (χ3v) is 14.5. The molecule has 1 heterocycles. The van der Waals surface area contributed by atoms with Gasteiger partial charge in [-0.05, 0) is 135 Å². The smallest absolute Gasteiger partial charge is 0.0746 e. The zero-order valence-corrected chi connectivity index (χ0v) is 37.2. The third kappa shape index (κ3) is 5.41. The van der Waals surface area contributed by atoms with Crippen LogP contribution in [-0.4, -0.2) is 4.57 Å². The summed E-state index contributed by atoms with van der Waals surface area (Å²) < 4.78 is 2.43. The van der Waals surface area contributed by atoms with Crippen LogP contribution < -0.4 is 9.80 Å². The second-order valence-corrected chi connectivity index (χ2v) is 18.0. The van der Waals surface area contributed by atoms with Crippen LogP contribution in [0.15, 0.2) is 261 Å². The first-order valence-electron chi connectivity index (χ1n) is 23.5. The minimum absolute atomic E-state index is 0.654. The lowest BCUT2D eigenvalue weighted by molar-refractivity contribution is 0.793. The Morgan fingerprint density at radius 3 is 1.56 bits per heavy atom. The van der Waals surface area contributed by atoms with Crippen molar-refractivity contribution in [3.05, 3.63) is 283 Å². The van der Waals surface area contributed by atoms with E-state index in [2.05, 4.69) is 275 Å². The fourth-order valence-corrected chi connectivity index (χ4v) is 11.9. The van der Waals surface area contributed by atoms with Crippen LogP contribution in [0.2, 0.25) is 0 Å². The van der Waals surface area contributed by atoms with Crippen molar-refractivity contribution in [2.75, 3.05) is 9.80 Å². The normalized spacial score (nSPS) is 14.2. The van der Waals surface area contributed by atoms with Crippen LogP contribution in [0.3, 0.4) is 0 Å². The zero-order chi connectivity index (χ0) is 44.8. The fraction of sp³-hybridized carbons (Fsp3) is 0.0154. The molecule has 2 aliphatic carbocycles. The molecule has 0 fully saturated rings. The average Bonchev–Trinajstić information content (AvgIpc) is 4.02. The van der Waals surface area contributed by atoms with Crippen molar-refractivity contribution in [1.29, 1.82) is 0 Å². The van der Waals surface area contributed by atoms with E-state index in [-0.39, 0.29) is 0 Å². The maximum absolute atomic E-state index is 2.57. The number of anilines is 6. The topological polar surface area (TPSA) is 11.4 Å². The lowest BCUT2D eigenvalue weighted by atomic mass is 9.69. The van der Waals surface area contributed by atoms with E-state index in [4.69, 9.17) is 0 Å². The van der Waals surface area contributed by atoms with Gasteiger partial charge in [-0.25, -0.2) is 0 Å². The van der Waals surface area contributed by atoms with Gasteiger partial charge in [-0.15, -0.1) is 0 Å². The summed E-state index contributed by atoms with van der Waals surface area (Å²) in [7, 11) is 0. The number of nitrogens with zero attached hydrogens (tertiary/aromatic N) is 3. The molecule has 0 aliphatic heterocycles. The van der Waals surface area contributed by atoms with E-state index in [9.17, 15) is 0 Å². The molecule has 1 atom stereocenters. The summed E-state index contributed by atoms with van der Waals surface area (Å²) in [5.41, 5.74) is 19.8. The number of hydrogen-bond donors (Lipinski definition) is 0. The molecule has 68 heavy (non-hydrogen) atoms. The van der Waals surface area contributed by atoms with E-state index < -0.39 is 5.41 Å². The van der Waals surface area contributed by atoms with E-state index in [1.165, 1.54) is 71.6 Å². The molecule has 1 aromatic heterocycles. The summed E-state index contributed by atoms with van der Waals surface area (Å²) in [6, 6.07) is 96.2. The standard InChI is InChI=1S/C65H43N3/c1-5-23-45(24-6-1)66(46-25-7-2-8-26-46)49-40-41-57-54(43-49)51-32-15-18-35-55(51)65(57)56-36-19-16-33-52(56)62-50-31-14-13-22-44(50)42-61(64(62)65)68(48-29-11-4-12-30-48)60-39-21-38-59-63(60)53-34-17-20-37-58(53)67(59)47-27-9-3-10-28-47/h1-43H. The number of para-hydroxylation sites is 5. The van der Waals surface area contributed by atoms with Gasteiger partial charge in [-0.2, -0.15) is 0 Å². The van der Waals surface area contributed by atoms with Gasteiger partial charge in [0.2, 0.25) is 0 Å². The van der Waals surface area contributed by atoms with E-state index >= 15 is 0 Å². The lowest BCUT2D eigenvalue weighted by Gasteiger charge is -2.36. The second-order valence-electron chi connectivity index (χ2n) is 18.0. The van der Waals surface area contributed by atoms with E-state index in [0.717, 1.165) is 45.3 Å². The van der Waals surface area contributed by atoms with Crippen LogP contribution in [-0.2, 0) is 5.41 Å². The Morgan fingerprint density at radius 2 is 0.853 bits per heavy atom. The molecule has 12 aromatic rings. The van der Waals surface area contributed by atoms with Gasteiger partial charge < -0.3 is 14.4 Å². The highest BCUT2D eigenvalue weighted by molar-refractivity contribution is 6.18. The van der Waals surface area contributed by atoms with Gasteiger partial charge >= 0.3 is 0 Å². The predicted octanol–water partition coefficient (Wildman–Crippen LogP) is 17.2. The fourth-order valence-electron chi connectivity index (χ4n) is 11.9. The number of aromatic nitrogens is 1. The first-order valence-corrected chi connectivity index (χ1v) is 23.5. The molecule has 1 unspecified atom stereocenters. The van der Waals surface area contributed by atoms with Crippen molar-refractivity contribution in [3.8, 4) is 27.9 Å². The van der Waals surface area contributed by atoms with Crippen LogP contribution in [0.5, 0.6) is 0 Å². The molecule has 1 spiro atoms. The number of hydrogen-bond acceptors (Lipinski definition) is 2. The molecule has 0 bridgehead atoms. The first-order chi connectivity index (χ1) is 33.8. The SMILES string of the molecule is c1ccc(N(c2ccccc2)c2ccc3c(c2)-c2ccccc2C32c3ccccc3-c3c2c(N(c2ccccc2)c2cccc4c2c2ccccc2n4-c2ccccc2)cc2ccccc32)cc1. The summed E-state index contributed by atoms with van der Waals surface area (Å²) in [4.78, 5) is 4.96. The molecule has 3 heteroatoms. The maximum atomic E-state index is 2.57. The van der Waals surface area contributed by atoms with E-state index in [1.807, 2.05) is 0 Å². The monoisotopic (exact) mass is 865 g/mol. The Bertz CT molecular complexity index is 3870. The van der Waals surface area contributed by atoms with Gasteiger partial charge in [-0.1, -0.05) is 176 Å². The summed E-state index contributed by atoms with van der Waals surface area (Å²) in [6.07, 6.45) is 0. The Morgan fingerprint density at radius 1 is 0.324 bits per heavy atom. The van der Waals surface area contributed by atoms with Crippen LogP contribution in [0, 0.1) is 0 Å². The molecule has 0 saturated heterocycles. The van der Waals surface area contributed by atoms with Crippen molar-refractivity contribution in [1.82, 2.24) is 4.57 Å². The summed E-state index contributed by atoms with van der Waals surface area (Å²) in [5, 5.41) is 4.88. The number of rotatable bonds is 7. The Hall–Kier alpha value is -8.92. The molecule has 11 aromatic carbocycles. The minimum Gasteiger partial charge on any atom is -0.310 e. The highest BCUT2D eigenvalue weighted by atomic mass is 15.2. The highest BCUT2D eigenvalue weighted by Crippen LogP contribution is 2.67. The lowest BCUT2D eigenvalue weighted by Crippen LogP contribution is -2.28. The zero-order valence-electron chi connectivity index (χ0n) is 37.2. The molecule has 3 nitrogen and oxygen atoms in total. The second kappa shape index (κ2) is 15.1. The van der Waals surface area contributed by atoms with Gasteiger partial charge in [0.25, 0.3) is 0 Å². The number of benzene rings is 11. The minimum atomic E-state index is -0.654. The first kappa shape index (κ1) is 38.4. The average molecular weight is 866 g/mol. The van der Waals surface area contributed by atoms with E-state index in [0.29, 0.717) is 0 Å². The van der Waals surface area contributed by atoms with Gasteiger partial charge in [0.05, 0.1) is 27.8 Å². The van der Waals surface area contributed by atoms with Crippen LogP contribution in [0.4, 0.5) is 34.1 Å². The van der Waals surface area contributed by atoms with Crippen LogP contribution >= 0.6 is 0 Å². The van der Waals surface area contributed by atoms with Gasteiger partial charge in [0.1, 0.15) is 0 Å². The third-order valence-electron chi connectivity index (χ3n) is 14.5. The Labute approximate surface area is 395 Å². The summed E-state index contributed by atoms with van der Waals surface area (Å²) >= 11 is 0. The highest BCUT2D eigenvalue weighted by Gasteiger charge is 2.54. The molecule has 0 radical (unpaired) electrons. The number of fused-ring (bicyclic) bond motifs is 15. The van der Waals surface area contributed by atoms with Crippen molar-refractivity contribution in [2.24, 2.45) is 0 Å². The predicted molar refractivity (Wildman–Crippen MR) is 284 cm³/mol. The van der Waals surface area contributed by atoms with Crippen molar-refractivity contribution in [3.63, 3.8) is 0 Å². The largest absolute Gasteiger partial charge is 0.310 e. The van der Waals surface area contributed by atoms with Crippen molar-refractivity contribution < 1.29 is 0 Å². The maximum Gasteiger partial charge on any atom is 0.0746 e. The Balaban J connectivity index is 1.11. The van der Waals surface area contributed by atoms with Crippen molar-refractivity contribution in [2.45, 2.75) is 5.41 Å². The quantitative estimate of drug-likeness (QED) is 0.158. The molecular formula is C65H43N3.